The third-order valence-electron chi connectivity index (χ3n) is 5.10. The van der Waals surface area contributed by atoms with Crippen molar-refractivity contribution in [2.75, 3.05) is 47.1 Å². The first-order valence-corrected chi connectivity index (χ1v) is 9.93. The molecule has 0 saturated heterocycles. The van der Waals surface area contributed by atoms with Gasteiger partial charge in [0.15, 0.2) is 5.96 Å². The zero-order chi connectivity index (χ0) is 19.4. The summed E-state index contributed by atoms with van der Waals surface area (Å²) in [7, 11) is 3.45. The molecule has 2 rings (SSSR count). The largest absolute Gasteiger partial charge is 0.491 e. The summed E-state index contributed by atoms with van der Waals surface area (Å²) in [6, 6.07) is 8.07. The number of nitrogens with zero attached hydrogens (tertiary/aromatic N) is 1. The second kappa shape index (κ2) is 14.0. The fourth-order valence-corrected chi connectivity index (χ4v) is 3.27. The van der Waals surface area contributed by atoms with Crippen molar-refractivity contribution in [3.8, 4) is 5.75 Å². The molecule has 0 aromatic heterocycles. The minimum absolute atomic E-state index is 0. The first-order chi connectivity index (χ1) is 13.2. The van der Waals surface area contributed by atoms with Gasteiger partial charge in [0.25, 0.3) is 0 Å². The van der Waals surface area contributed by atoms with Crippen LogP contribution in [0.1, 0.15) is 38.2 Å². The number of hydrogen-bond donors (Lipinski definition) is 2. The van der Waals surface area contributed by atoms with Gasteiger partial charge < -0.3 is 24.8 Å². The second-order valence-corrected chi connectivity index (χ2v) is 7.13. The standard InChI is InChI=1S/C21H35N3O3.HI/c1-4-22-20(24-17-21(9-6-10-21)11-12-25-2)23-16-18-7-5-8-19(15-18)27-14-13-26-3;/h5,7-8,15H,4,6,9-14,16-17H2,1-3H3,(H2,22,23,24);1H. The number of aliphatic imine (C=N–C) groups is 1. The van der Waals surface area contributed by atoms with Crippen LogP contribution >= 0.6 is 24.0 Å². The van der Waals surface area contributed by atoms with Crippen LogP contribution in [0.3, 0.4) is 0 Å². The first kappa shape index (κ1) is 25.0. The molecule has 0 radical (unpaired) electrons. The Balaban J connectivity index is 0.00000392. The zero-order valence-electron chi connectivity index (χ0n) is 17.5. The summed E-state index contributed by atoms with van der Waals surface area (Å²) >= 11 is 0. The zero-order valence-corrected chi connectivity index (χ0v) is 19.8. The monoisotopic (exact) mass is 505 g/mol. The molecule has 2 N–H and O–H groups in total. The van der Waals surface area contributed by atoms with Crippen LogP contribution in [0.4, 0.5) is 0 Å². The molecular formula is C21H36IN3O3. The highest BCUT2D eigenvalue weighted by atomic mass is 127. The Bertz CT molecular complexity index is 580. The van der Waals surface area contributed by atoms with Crippen molar-refractivity contribution in [1.82, 2.24) is 10.6 Å². The summed E-state index contributed by atoms with van der Waals surface area (Å²) in [5.74, 6) is 1.72. The third kappa shape index (κ3) is 8.53. The van der Waals surface area contributed by atoms with Gasteiger partial charge in [-0.3, -0.25) is 0 Å². The van der Waals surface area contributed by atoms with Crippen molar-refractivity contribution < 1.29 is 14.2 Å². The van der Waals surface area contributed by atoms with E-state index in [-0.39, 0.29) is 24.0 Å². The molecule has 0 bridgehead atoms. The average Bonchev–Trinajstić information content (AvgIpc) is 2.65. The van der Waals surface area contributed by atoms with Gasteiger partial charge in [0, 0.05) is 33.9 Å². The molecule has 1 aromatic carbocycles. The van der Waals surface area contributed by atoms with Crippen molar-refractivity contribution in [2.45, 2.75) is 39.2 Å². The molecule has 1 aliphatic rings. The van der Waals surface area contributed by atoms with Crippen molar-refractivity contribution >= 4 is 29.9 Å². The number of ether oxygens (including phenoxy) is 3. The minimum Gasteiger partial charge on any atom is -0.491 e. The average molecular weight is 505 g/mol. The van der Waals surface area contributed by atoms with Gasteiger partial charge in [0.1, 0.15) is 12.4 Å². The summed E-state index contributed by atoms with van der Waals surface area (Å²) in [5.41, 5.74) is 1.49. The molecule has 160 valence electrons. The molecule has 1 saturated carbocycles. The van der Waals surface area contributed by atoms with E-state index in [1.165, 1.54) is 19.3 Å². The highest BCUT2D eigenvalue weighted by Gasteiger charge is 2.36. The summed E-state index contributed by atoms with van der Waals surface area (Å²) < 4.78 is 16.0. The van der Waals surface area contributed by atoms with Gasteiger partial charge in [0.05, 0.1) is 13.2 Å². The van der Waals surface area contributed by atoms with Gasteiger partial charge in [-0.25, -0.2) is 4.99 Å². The Morgan fingerprint density at radius 1 is 1.11 bits per heavy atom. The minimum atomic E-state index is 0. The highest BCUT2D eigenvalue weighted by molar-refractivity contribution is 14.0. The lowest BCUT2D eigenvalue weighted by atomic mass is 9.67. The van der Waals surface area contributed by atoms with Gasteiger partial charge >= 0.3 is 0 Å². The lowest BCUT2D eigenvalue weighted by Crippen LogP contribution is -2.46. The van der Waals surface area contributed by atoms with Crippen LogP contribution in [0.25, 0.3) is 0 Å². The molecule has 6 nitrogen and oxygen atoms in total. The van der Waals surface area contributed by atoms with E-state index in [0.29, 0.717) is 25.2 Å². The van der Waals surface area contributed by atoms with Crippen LogP contribution in [0, 0.1) is 5.41 Å². The quantitative estimate of drug-likeness (QED) is 0.197. The summed E-state index contributed by atoms with van der Waals surface area (Å²) in [6.45, 7) is 6.46. The number of hydrogen-bond acceptors (Lipinski definition) is 4. The second-order valence-electron chi connectivity index (χ2n) is 7.13. The van der Waals surface area contributed by atoms with Gasteiger partial charge in [-0.1, -0.05) is 18.6 Å². The molecule has 7 heteroatoms. The van der Waals surface area contributed by atoms with E-state index in [1.807, 2.05) is 18.2 Å². The van der Waals surface area contributed by atoms with E-state index in [2.05, 4.69) is 23.6 Å². The van der Waals surface area contributed by atoms with Crippen LogP contribution in [-0.2, 0) is 16.0 Å². The number of methoxy groups -OCH3 is 2. The number of nitrogens with one attached hydrogen (secondary N) is 2. The van der Waals surface area contributed by atoms with E-state index in [0.717, 1.165) is 43.4 Å². The van der Waals surface area contributed by atoms with Gasteiger partial charge in [0.2, 0.25) is 0 Å². The molecule has 1 aromatic rings. The fraction of sp³-hybridized carbons (Fsp3) is 0.667. The molecule has 0 atom stereocenters. The molecule has 28 heavy (non-hydrogen) atoms. The Kier molecular flexibility index (Phi) is 12.5. The van der Waals surface area contributed by atoms with Crippen LogP contribution in [0.15, 0.2) is 29.3 Å². The van der Waals surface area contributed by atoms with Crippen molar-refractivity contribution in [3.63, 3.8) is 0 Å². The molecule has 0 amide bonds. The van der Waals surface area contributed by atoms with Crippen LogP contribution in [0.2, 0.25) is 0 Å². The van der Waals surface area contributed by atoms with Crippen LogP contribution < -0.4 is 15.4 Å². The van der Waals surface area contributed by atoms with Gasteiger partial charge in [-0.05, 0) is 49.3 Å². The van der Waals surface area contributed by atoms with E-state index in [9.17, 15) is 0 Å². The summed E-state index contributed by atoms with van der Waals surface area (Å²) in [6.07, 6.45) is 4.96. The summed E-state index contributed by atoms with van der Waals surface area (Å²) in [5, 5.41) is 6.88. The smallest absolute Gasteiger partial charge is 0.191 e. The lowest BCUT2D eigenvalue weighted by Gasteiger charge is -2.42. The van der Waals surface area contributed by atoms with Crippen molar-refractivity contribution in [3.05, 3.63) is 29.8 Å². The maximum Gasteiger partial charge on any atom is 0.191 e. The number of guanidine groups is 1. The van der Waals surface area contributed by atoms with E-state index in [1.54, 1.807) is 14.2 Å². The van der Waals surface area contributed by atoms with Gasteiger partial charge in [-0.2, -0.15) is 0 Å². The topological polar surface area (TPSA) is 64.1 Å². The first-order valence-electron chi connectivity index (χ1n) is 9.93. The fourth-order valence-electron chi connectivity index (χ4n) is 3.27. The predicted octanol–water partition coefficient (Wildman–Crippen LogP) is 3.59. The Morgan fingerprint density at radius 3 is 2.54 bits per heavy atom. The van der Waals surface area contributed by atoms with Crippen molar-refractivity contribution in [1.29, 1.82) is 0 Å². The maximum absolute atomic E-state index is 5.68. The molecule has 1 aliphatic carbocycles. The Morgan fingerprint density at radius 2 is 1.89 bits per heavy atom. The van der Waals surface area contributed by atoms with E-state index < -0.39 is 0 Å². The summed E-state index contributed by atoms with van der Waals surface area (Å²) in [4.78, 5) is 4.75. The normalized spacial score (nSPS) is 15.3. The SMILES string of the molecule is CCNC(=NCc1cccc(OCCOC)c1)NCC1(CCOC)CCC1.I. The van der Waals surface area contributed by atoms with E-state index >= 15 is 0 Å². The third-order valence-corrected chi connectivity index (χ3v) is 5.10. The lowest BCUT2D eigenvalue weighted by molar-refractivity contribution is 0.0732. The van der Waals surface area contributed by atoms with Crippen molar-refractivity contribution in [2.24, 2.45) is 10.4 Å². The van der Waals surface area contributed by atoms with Crippen LogP contribution in [0.5, 0.6) is 5.75 Å². The van der Waals surface area contributed by atoms with E-state index in [4.69, 9.17) is 19.2 Å². The molecule has 0 unspecified atom stereocenters. The molecule has 0 aliphatic heterocycles. The maximum atomic E-state index is 5.68. The van der Waals surface area contributed by atoms with Gasteiger partial charge in [-0.15, -0.1) is 24.0 Å². The molecule has 0 heterocycles. The van der Waals surface area contributed by atoms with Crippen LogP contribution in [-0.4, -0.2) is 53.1 Å². The Labute approximate surface area is 186 Å². The molecule has 1 fully saturated rings. The number of halogens is 1. The predicted molar refractivity (Wildman–Crippen MR) is 125 cm³/mol. The Hall–Kier alpha value is -1.06. The number of rotatable bonds is 12. The molecular weight excluding hydrogens is 469 g/mol. The number of benzene rings is 1. The highest BCUT2D eigenvalue weighted by Crippen LogP contribution is 2.43. The molecule has 0 spiro atoms.